The van der Waals surface area contributed by atoms with Gasteiger partial charge in [-0.15, -0.1) is 0 Å². The molecule has 0 aliphatic carbocycles. The number of aryl methyl sites for hydroxylation is 1. The van der Waals surface area contributed by atoms with E-state index in [1.807, 2.05) is 35.9 Å². The summed E-state index contributed by atoms with van der Waals surface area (Å²) < 4.78 is 6.98. The summed E-state index contributed by atoms with van der Waals surface area (Å²) in [6.45, 7) is 0. The van der Waals surface area contributed by atoms with Gasteiger partial charge in [-0.05, 0) is 24.3 Å². The van der Waals surface area contributed by atoms with Crippen LogP contribution in [0.4, 0.5) is 0 Å². The van der Waals surface area contributed by atoms with E-state index in [-0.39, 0.29) is 12.3 Å². The van der Waals surface area contributed by atoms with Gasteiger partial charge in [0.1, 0.15) is 11.6 Å². The largest absolute Gasteiger partial charge is 0.463 e. The zero-order chi connectivity index (χ0) is 14.7. The van der Waals surface area contributed by atoms with Crippen molar-refractivity contribution < 1.29 is 9.21 Å². The van der Waals surface area contributed by atoms with Crippen molar-refractivity contribution in [3.05, 3.63) is 54.2 Å². The summed E-state index contributed by atoms with van der Waals surface area (Å²) >= 11 is 0. The van der Waals surface area contributed by atoms with Crippen LogP contribution < -0.4 is 5.43 Å². The van der Waals surface area contributed by atoms with E-state index in [4.69, 9.17) is 4.42 Å². The van der Waals surface area contributed by atoms with Crippen LogP contribution in [0.1, 0.15) is 11.6 Å². The van der Waals surface area contributed by atoms with E-state index in [0.29, 0.717) is 11.6 Å². The van der Waals surface area contributed by atoms with Crippen molar-refractivity contribution in [2.24, 2.45) is 12.1 Å². The number of fused-ring (bicyclic) bond motifs is 1. The van der Waals surface area contributed by atoms with Gasteiger partial charge in [0.15, 0.2) is 0 Å². The molecule has 2 aromatic heterocycles. The fraction of sp³-hybridized carbons (Fsp3) is 0.133. The second kappa shape index (κ2) is 5.62. The molecule has 2 heterocycles. The Morgan fingerprint density at radius 2 is 2.24 bits per heavy atom. The Bertz CT molecular complexity index is 787. The lowest BCUT2D eigenvalue weighted by molar-refractivity contribution is -0.120. The Morgan fingerprint density at radius 1 is 1.38 bits per heavy atom. The van der Waals surface area contributed by atoms with Crippen molar-refractivity contribution in [1.29, 1.82) is 0 Å². The van der Waals surface area contributed by atoms with Gasteiger partial charge in [0.2, 0.25) is 5.91 Å². The number of para-hydroxylation sites is 2. The third kappa shape index (κ3) is 2.84. The number of amides is 1. The summed E-state index contributed by atoms with van der Waals surface area (Å²) in [6, 6.07) is 11.3. The van der Waals surface area contributed by atoms with E-state index in [2.05, 4.69) is 15.5 Å². The highest BCUT2D eigenvalue weighted by molar-refractivity contribution is 5.82. The Hall–Kier alpha value is -2.89. The summed E-state index contributed by atoms with van der Waals surface area (Å²) in [5, 5.41) is 3.84. The predicted molar refractivity (Wildman–Crippen MR) is 78.9 cm³/mol. The number of imidazole rings is 1. The first-order valence-corrected chi connectivity index (χ1v) is 6.50. The van der Waals surface area contributed by atoms with Crippen LogP contribution in [0.2, 0.25) is 0 Å². The van der Waals surface area contributed by atoms with Crippen LogP contribution >= 0.6 is 0 Å². The molecule has 3 rings (SSSR count). The number of benzene rings is 1. The molecule has 0 atom stereocenters. The maximum Gasteiger partial charge on any atom is 0.247 e. The molecule has 0 bridgehead atoms. The van der Waals surface area contributed by atoms with Crippen LogP contribution in [0, 0.1) is 0 Å². The summed E-state index contributed by atoms with van der Waals surface area (Å²) in [5.41, 5.74) is 4.33. The fourth-order valence-electron chi connectivity index (χ4n) is 2.07. The second-order valence-corrected chi connectivity index (χ2v) is 4.56. The Labute approximate surface area is 121 Å². The molecule has 3 aromatic rings. The standard InChI is InChI=1S/C15H14N4O2/c1-19-13-7-3-2-6-12(13)17-14(19)9-15(20)18-16-10-11-5-4-8-21-11/h2-8,10H,9H2,1H3,(H,18,20)/b16-10+. The summed E-state index contributed by atoms with van der Waals surface area (Å²) in [4.78, 5) is 16.3. The molecule has 6 nitrogen and oxygen atoms in total. The number of rotatable bonds is 4. The van der Waals surface area contributed by atoms with Gasteiger partial charge in [0.25, 0.3) is 0 Å². The number of carbonyl (C=O) groups is 1. The average Bonchev–Trinajstić information content (AvgIpc) is 3.09. The van der Waals surface area contributed by atoms with Crippen molar-refractivity contribution in [2.75, 3.05) is 0 Å². The van der Waals surface area contributed by atoms with E-state index in [1.165, 1.54) is 6.21 Å². The van der Waals surface area contributed by atoms with Crippen LogP contribution in [0.25, 0.3) is 11.0 Å². The van der Waals surface area contributed by atoms with Crippen LogP contribution in [-0.4, -0.2) is 21.7 Å². The van der Waals surface area contributed by atoms with Crippen molar-refractivity contribution >= 4 is 23.2 Å². The molecule has 106 valence electrons. The van der Waals surface area contributed by atoms with Gasteiger partial charge in [-0.2, -0.15) is 5.10 Å². The first-order chi connectivity index (χ1) is 10.2. The number of aromatic nitrogens is 2. The van der Waals surface area contributed by atoms with E-state index >= 15 is 0 Å². The summed E-state index contributed by atoms with van der Waals surface area (Å²) in [5.74, 6) is 1.05. The van der Waals surface area contributed by atoms with E-state index in [9.17, 15) is 4.79 Å². The highest BCUT2D eigenvalue weighted by Gasteiger charge is 2.10. The summed E-state index contributed by atoms with van der Waals surface area (Å²) in [7, 11) is 1.89. The van der Waals surface area contributed by atoms with Crippen LogP contribution in [0.15, 0.2) is 52.2 Å². The Balaban J connectivity index is 1.67. The van der Waals surface area contributed by atoms with Crippen LogP contribution in [0.3, 0.4) is 0 Å². The number of carbonyl (C=O) groups excluding carboxylic acids is 1. The van der Waals surface area contributed by atoms with Crippen LogP contribution in [-0.2, 0) is 18.3 Å². The molecular formula is C15H14N4O2. The van der Waals surface area contributed by atoms with Crippen molar-refractivity contribution in [2.45, 2.75) is 6.42 Å². The number of nitrogens with one attached hydrogen (secondary N) is 1. The molecule has 0 fully saturated rings. The molecule has 0 spiro atoms. The molecule has 6 heteroatoms. The number of nitrogens with zero attached hydrogens (tertiary/aromatic N) is 3. The van der Waals surface area contributed by atoms with Gasteiger partial charge in [-0.25, -0.2) is 10.4 Å². The predicted octanol–water partition coefficient (Wildman–Crippen LogP) is 1.86. The van der Waals surface area contributed by atoms with Crippen molar-refractivity contribution in [3.63, 3.8) is 0 Å². The lowest BCUT2D eigenvalue weighted by Crippen LogP contribution is -2.21. The first kappa shape index (κ1) is 13.1. The smallest absolute Gasteiger partial charge is 0.247 e. The number of hydrogen-bond donors (Lipinski definition) is 1. The zero-order valence-corrected chi connectivity index (χ0v) is 11.5. The maximum atomic E-state index is 11.9. The molecular weight excluding hydrogens is 268 g/mol. The molecule has 1 amide bonds. The van der Waals surface area contributed by atoms with Crippen molar-refractivity contribution in [1.82, 2.24) is 15.0 Å². The minimum atomic E-state index is -0.226. The number of hydrogen-bond acceptors (Lipinski definition) is 4. The molecule has 1 N–H and O–H groups in total. The quantitative estimate of drug-likeness (QED) is 0.586. The van der Waals surface area contributed by atoms with E-state index in [0.717, 1.165) is 11.0 Å². The Kier molecular flexibility index (Phi) is 3.51. The van der Waals surface area contributed by atoms with Crippen molar-refractivity contribution in [3.8, 4) is 0 Å². The number of hydrazone groups is 1. The number of furan rings is 1. The highest BCUT2D eigenvalue weighted by Crippen LogP contribution is 2.14. The second-order valence-electron chi connectivity index (χ2n) is 4.56. The molecule has 21 heavy (non-hydrogen) atoms. The molecule has 0 aliphatic heterocycles. The monoisotopic (exact) mass is 282 g/mol. The third-order valence-electron chi connectivity index (χ3n) is 3.12. The first-order valence-electron chi connectivity index (χ1n) is 6.50. The average molecular weight is 282 g/mol. The van der Waals surface area contributed by atoms with Gasteiger partial charge in [-0.1, -0.05) is 12.1 Å². The molecule has 0 unspecified atom stereocenters. The third-order valence-corrected chi connectivity index (χ3v) is 3.12. The minimum absolute atomic E-state index is 0.167. The van der Waals surface area contributed by atoms with E-state index in [1.54, 1.807) is 18.4 Å². The maximum absolute atomic E-state index is 11.9. The van der Waals surface area contributed by atoms with Gasteiger partial charge in [-0.3, -0.25) is 4.79 Å². The fourth-order valence-corrected chi connectivity index (χ4v) is 2.07. The normalized spacial score (nSPS) is 11.3. The van der Waals surface area contributed by atoms with Crippen LogP contribution in [0.5, 0.6) is 0 Å². The topological polar surface area (TPSA) is 72.4 Å². The zero-order valence-electron chi connectivity index (χ0n) is 11.5. The van der Waals surface area contributed by atoms with Gasteiger partial charge in [0, 0.05) is 7.05 Å². The molecule has 0 radical (unpaired) electrons. The molecule has 0 saturated carbocycles. The lowest BCUT2D eigenvalue weighted by atomic mass is 10.3. The van der Waals surface area contributed by atoms with Gasteiger partial charge in [0.05, 0.1) is 29.9 Å². The minimum Gasteiger partial charge on any atom is -0.463 e. The molecule has 0 saturated heterocycles. The summed E-state index contributed by atoms with van der Waals surface area (Å²) in [6.07, 6.45) is 3.16. The molecule has 1 aromatic carbocycles. The van der Waals surface area contributed by atoms with Gasteiger partial charge >= 0.3 is 0 Å². The highest BCUT2D eigenvalue weighted by atomic mass is 16.3. The Morgan fingerprint density at radius 3 is 3.00 bits per heavy atom. The molecule has 0 aliphatic rings. The lowest BCUT2D eigenvalue weighted by Gasteiger charge is -2.01. The SMILES string of the molecule is Cn1c(CC(=O)N/N=C/c2ccco2)nc2ccccc21. The van der Waals surface area contributed by atoms with Gasteiger partial charge < -0.3 is 8.98 Å². The van der Waals surface area contributed by atoms with E-state index < -0.39 is 0 Å².